The number of halogens is 1. The number of amidine groups is 1. The Hall–Kier alpha value is -2.27. The Kier molecular flexibility index (Phi) is 3.87. The van der Waals surface area contributed by atoms with Crippen molar-refractivity contribution in [1.82, 2.24) is 4.98 Å². The summed E-state index contributed by atoms with van der Waals surface area (Å²) in [5.41, 5.74) is 6.85. The van der Waals surface area contributed by atoms with Crippen molar-refractivity contribution in [2.45, 2.75) is 6.92 Å². The van der Waals surface area contributed by atoms with Crippen molar-refractivity contribution in [1.29, 1.82) is 0 Å². The van der Waals surface area contributed by atoms with Crippen LogP contribution in [0.4, 0.5) is 0 Å². The monoisotopic (exact) mass is 277 g/mol. The number of pyridine rings is 1. The minimum atomic E-state index is -0.0624. The van der Waals surface area contributed by atoms with Crippen LogP contribution in [-0.4, -0.2) is 16.0 Å². The largest absolute Gasteiger partial charge is 0.437 e. The first-order chi connectivity index (χ1) is 9.13. The molecular weight excluding hydrogens is 266 g/mol. The van der Waals surface area contributed by atoms with E-state index < -0.39 is 0 Å². The molecule has 19 heavy (non-hydrogen) atoms. The maximum Gasteiger partial charge on any atom is 0.230 e. The quantitative estimate of drug-likeness (QED) is 0.391. The maximum atomic E-state index is 8.81. The van der Waals surface area contributed by atoms with Gasteiger partial charge in [0.1, 0.15) is 5.75 Å². The van der Waals surface area contributed by atoms with Crippen LogP contribution in [0.5, 0.6) is 11.6 Å². The molecule has 0 fully saturated rings. The van der Waals surface area contributed by atoms with Gasteiger partial charge in [-0.2, -0.15) is 0 Å². The van der Waals surface area contributed by atoms with Crippen LogP contribution < -0.4 is 10.5 Å². The summed E-state index contributed by atoms with van der Waals surface area (Å²) in [5, 5.41) is 12.3. The van der Waals surface area contributed by atoms with Crippen LogP contribution in [-0.2, 0) is 0 Å². The van der Waals surface area contributed by atoms with Crippen LogP contribution in [0.3, 0.4) is 0 Å². The lowest BCUT2D eigenvalue weighted by Crippen LogP contribution is -2.16. The van der Waals surface area contributed by atoms with Crippen molar-refractivity contribution in [3.8, 4) is 11.6 Å². The van der Waals surface area contributed by atoms with Gasteiger partial charge in [-0.05, 0) is 30.7 Å². The fraction of sp³-hybridized carbons (Fsp3) is 0.0769. The van der Waals surface area contributed by atoms with Crippen molar-refractivity contribution in [3.05, 3.63) is 52.7 Å². The lowest BCUT2D eigenvalue weighted by atomic mass is 10.1. The normalized spacial score (nSPS) is 11.4. The van der Waals surface area contributed by atoms with E-state index in [0.717, 1.165) is 5.56 Å². The van der Waals surface area contributed by atoms with E-state index in [1.165, 1.54) is 0 Å². The molecule has 2 aromatic rings. The average molecular weight is 278 g/mol. The molecule has 0 saturated carbocycles. The molecule has 6 heteroatoms. The average Bonchev–Trinajstić information content (AvgIpc) is 2.41. The smallest absolute Gasteiger partial charge is 0.230 e. The molecular formula is C13H12ClN3O2. The van der Waals surface area contributed by atoms with Gasteiger partial charge in [0, 0.05) is 6.20 Å². The lowest BCUT2D eigenvalue weighted by Gasteiger charge is -2.11. The molecule has 2 rings (SSSR count). The Bertz CT molecular complexity index is 629. The van der Waals surface area contributed by atoms with Gasteiger partial charge in [0.2, 0.25) is 5.88 Å². The summed E-state index contributed by atoms with van der Waals surface area (Å²) >= 11 is 6.02. The van der Waals surface area contributed by atoms with E-state index in [9.17, 15) is 0 Å². The molecule has 0 saturated heterocycles. The lowest BCUT2D eigenvalue weighted by molar-refractivity contribution is 0.318. The van der Waals surface area contributed by atoms with Crippen LogP contribution in [0, 0.1) is 6.92 Å². The van der Waals surface area contributed by atoms with E-state index >= 15 is 0 Å². The Balaban J connectivity index is 2.47. The molecule has 5 nitrogen and oxygen atoms in total. The summed E-state index contributed by atoms with van der Waals surface area (Å²) in [6.45, 7) is 1.81. The molecule has 1 aromatic heterocycles. The highest BCUT2D eigenvalue weighted by molar-refractivity contribution is 6.32. The van der Waals surface area contributed by atoms with Crippen LogP contribution >= 0.6 is 11.6 Å². The number of nitrogens with two attached hydrogens (primary N) is 1. The number of nitrogens with zero attached hydrogens (tertiary/aromatic N) is 2. The van der Waals surface area contributed by atoms with Crippen LogP contribution in [0.2, 0.25) is 5.02 Å². The van der Waals surface area contributed by atoms with Gasteiger partial charge in [0.25, 0.3) is 0 Å². The minimum Gasteiger partial charge on any atom is -0.437 e. The number of aryl methyl sites for hydroxylation is 1. The number of hydrogen-bond acceptors (Lipinski definition) is 4. The molecule has 0 aliphatic rings. The van der Waals surface area contributed by atoms with E-state index in [4.69, 9.17) is 27.3 Å². The summed E-state index contributed by atoms with van der Waals surface area (Å²) in [4.78, 5) is 4.09. The Morgan fingerprint density at radius 1 is 1.37 bits per heavy atom. The van der Waals surface area contributed by atoms with Crippen molar-refractivity contribution in [3.63, 3.8) is 0 Å². The fourth-order valence-electron chi connectivity index (χ4n) is 1.60. The molecule has 3 N–H and O–H groups in total. The van der Waals surface area contributed by atoms with Crippen molar-refractivity contribution in [2.75, 3.05) is 0 Å². The van der Waals surface area contributed by atoms with E-state index in [1.807, 2.05) is 6.92 Å². The number of benzene rings is 1. The molecule has 0 atom stereocenters. The third kappa shape index (κ3) is 2.77. The third-order valence-electron chi connectivity index (χ3n) is 2.53. The van der Waals surface area contributed by atoms with E-state index in [0.29, 0.717) is 16.3 Å². The fourth-order valence-corrected chi connectivity index (χ4v) is 1.78. The third-order valence-corrected chi connectivity index (χ3v) is 2.84. The SMILES string of the molecule is Cc1ccnc(Oc2ccccc2Cl)c1/C(N)=N/O. The zero-order valence-electron chi connectivity index (χ0n) is 10.2. The number of hydrogen-bond donors (Lipinski definition) is 2. The van der Waals surface area contributed by atoms with Gasteiger partial charge in [-0.15, -0.1) is 0 Å². The van der Waals surface area contributed by atoms with Gasteiger partial charge in [0.15, 0.2) is 5.84 Å². The van der Waals surface area contributed by atoms with Crippen molar-refractivity contribution in [2.24, 2.45) is 10.9 Å². The molecule has 0 amide bonds. The molecule has 0 aliphatic carbocycles. The maximum absolute atomic E-state index is 8.81. The number of ether oxygens (including phenoxy) is 1. The summed E-state index contributed by atoms with van der Waals surface area (Å²) in [5.74, 6) is 0.630. The molecule has 0 unspecified atom stereocenters. The van der Waals surface area contributed by atoms with Crippen LogP contribution in [0.25, 0.3) is 0 Å². The molecule has 98 valence electrons. The Morgan fingerprint density at radius 3 is 2.79 bits per heavy atom. The van der Waals surface area contributed by atoms with Gasteiger partial charge in [0.05, 0.1) is 10.6 Å². The first-order valence-electron chi connectivity index (χ1n) is 5.49. The highest BCUT2D eigenvalue weighted by Gasteiger charge is 2.14. The summed E-state index contributed by atoms with van der Waals surface area (Å²) in [6.07, 6.45) is 1.58. The molecule has 0 bridgehead atoms. The van der Waals surface area contributed by atoms with Crippen molar-refractivity contribution >= 4 is 17.4 Å². The molecule has 1 heterocycles. The molecule has 1 aromatic carbocycles. The van der Waals surface area contributed by atoms with Crippen LogP contribution in [0.1, 0.15) is 11.1 Å². The first-order valence-corrected chi connectivity index (χ1v) is 5.87. The second kappa shape index (κ2) is 5.58. The Morgan fingerprint density at radius 2 is 2.11 bits per heavy atom. The van der Waals surface area contributed by atoms with Gasteiger partial charge in [-0.25, -0.2) is 4.98 Å². The summed E-state index contributed by atoms with van der Waals surface area (Å²) in [6, 6.07) is 8.74. The minimum absolute atomic E-state index is 0.0624. The van der Waals surface area contributed by atoms with E-state index in [2.05, 4.69) is 10.1 Å². The number of rotatable bonds is 3. The first kappa shape index (κ1) is 13.2. The summed E-state index contributed by atoms with van der Waals surface area (Å²) < 4.78 is 5.63. The van der Waals surface area contributed by atoms with Gasteiger partial charge < -0.3 is 15.7 Å². The topological polar surface area (TPSA) is 80.7 Å². The molecule has 0 aliphatic heterocycles. The predicted molar refractivity (Wildman–Crippen MR) is 73.0 cm³/mol. The van der Waals surface area contributed by atoms with E-state index in [1.54, 1.807) is 36.5 Å². The van der Waals surface area contributed by atoms with Gasteiger partial charge >= 0.3 is 0 Å². The highest BCUT2D eigenvalue weighted by atomic mass is 35.5. The number of oxime groups is 1. The highest BCUT2D eigenvalue weighted by Crippen LogP contribution is 2.30. The second-order valence-electron chi connectivity index (χ2n) is 3.83. The zero-order valence-corrected chi connectivity index (χ0v) is 10.9. The standard InChI is InChI=1S/C13H12ClN3O2/c1-8-6-7-16-13(11(8)12(15)17-18)19-10-5-3-2-4-9(10)14/h2-7,18H,1H3,(H2,15,17). The predicted octanol–water partition coefficient (Wildman–Crippen LogP) is 2.93. The Labute approximate surface area is 115 Å². The molecule has 0 radical (unpaired) electrons. The van der Waals surface area contributed by atoms with E-state index in [-0.39, 0.29) is 11.7 Å². The summed E-state index contributed by atoms with van der Waals surface area (Å²) in [7, 11) is 0. The van der Waals surface area contributed by atoms with Gasteiger partial charge in [-0.1, -0.05) is 28.9 Å². The van der Waals surface area contributed by atoms with Crippen molar-refractivity contribution < 1.29 is 9.94 Å². The van der Waals surface area contributed by atoms with Gasteiger partial charge in [-0.3, -0.25) is 0 Å². The number of aromatic nitrogens is 1. The second-order valence-corrected chi connectivity index (χ2v) is 4.23. The zero-order chi connectivity index (χ0) is 13.8. The number of para-hydroxylation sites is 1. The van der Waals surface area contributed by atoms with Crippen LogP contribution in [0.15, 0.2) is 41.7 Å². The molecule has 0 spiro atoms.